The van der Waals surface area contributed by atoms with E-state index in [0.29, 0.717) is 0 Å². The van der Waals surface area contributed by atoms with Crippen molar-refractivity contribution in [2.24, 2.45) is 0 Å². The molecule has 0 atom stereocenters. The van der Waals surface area contributed by atoms with Crippen LogP contribution in [-0.2, 0) is 0 Å². The third-order valence-corrected chi connectivity index (χ3v) is 3.90. The molecule has 0 aliphatic heterocycles. The van der Waals surface area contributed by atoms with Gasteiger partial charge in [-0.1, -0.05) is 6.07 Å². The second-order valence-electron chi connectivity index (χ2n) is 3.14. The second-order valence-corrected chi connectivity index (χ2v) is 5.61. The van der Waals surface area contributed by atoms with E-state index in [1.165, 1.54) is 0 Å². The highest BCUT2D eigenvalue weighted by molar-refractivity contribution is 9.11. The molecule has 0 unspecified atom stereocenters. The van der Waals surface area contributed by atoms with Gasteiger partial charge in [-0.05, 0) is 40.2 Å². The molecule has 2 nitrogen and oxygen atoms in total. The van der Waals surface area contributed by atoms with Crippen molar-refractivity contribution < 1.29 is 9.47 Å². The van der Waals surface area contributed by atoms with Gasteiger partial charge in [-0.3, -0.25) is 0 Å². The van der Waals surface area contributed by atoms with E-state index in [0.717, 1.165) is 25.7 Å². The number of para-hydroxylation sites is 1. The lowest BCUT2D eigenvalue weighted by atomic mass is 10.1. The fourth-order valence-electron chi connectivity index (χ4n) is 1.54. The summed E-state index contributed by atoms with van der Waals surface area (Å²) in [5.74, 6) is 1.53. The Morgan fingerprint density at radius 2 is 1.88 bits per heavy atom. The average molecular weight is 299 g/mol. The molecule has 84 valence electrons. The van der Waals surface area contributed by atoms with Crippen molar-refractivity contribution in [1.82, 2.24) is 0 Å². The monoisotopic (exact) mass is 298 g/mol. The summed E-state index contributed by atoms with van der Waals surface area (Å²) in [5.41, 5.74) is 1.05. The summed E-state index contributed by atoms with van der Waals surface area (Å²) in [5, 5.41) is 0. The Balaban J connectivity index is 2.56. The van der Waals surface area contributed by atoms with Crippen LogP contribution >= 0.6 is 27.3 Å². The Kier molecular flexibility index (Phi) is 3.51. The molecule has 16 heavy (non-hydrogen) atoms. The molecule has 0 aliphatic carbocycles. The maximum atomic E-state index is 5.40. The SMILES string of the molecule is COc1cccc(-c2ccc(Br)s2)c1OC. The fraction of sp³-hybridized carbons (Fsp3) is 0.167. The minimum atomic E-state index is 0.754. The smallest absolute Gasteiger partial charge is 0.169 e. The largest absolute Gasteiger partial charge is 0.493 e. The Labute approximate surface area is 107 Å². The van der Waals surface area contributed by atoms with Crippen LogP contribution in [0.25, 0.3) is 10.4 Å². The maximum Gasteiger partial charge on any atom is 0.169 e. The van der Waals surface area contributed by atoms with Gasteiger partial charge in [0, 0.05) is 10.4 Å². The van der Waals surface area contributed by atoms with E-state index in [4.69, 9.17) is 9.47 Å². The first-order chi connectivity index (χ1) is 7.76. The summed E-state index contributed by atoms with van der Waals surface area (Å²) >= 11 is 5.13. The first-order valence-corrected chi connectivity index (χ1v) is 6.34. The average Bonchev–Trinajstić information content (AvgIpc) is 2.74. The van der Waals surface area contributed by atoms with Gasteiger partial charge in [0.2, 0.25) is 0 Å². The van der Waals surface area contributed by atoms with E-state index in [2.05, 4.69) is 22.0 Å². The Morgan fingerprint density at radius 1 is 1.06 bits per heavy atom. The van der Waals surface area contributed by atoms with E-state index in [9.17, 15) is 0 Å². The van der Waals surface area contributed by atoms with Crippen LogP contribution in [0, 0.1) is 0 Å². The highest BCUT2D eigenvalue weighted by atomic mass is 79.9. The van der Waals surface area contributed by atoms with Crippen LogP contribution in [0.15, 0.2) is 34.1 Å². The quantitative estimate of drug-likeness (QED) is 0.846. The molecule has 0 spiro atoms. The lowest BCUT2D eigenvalue weighted by molar-refractivity contribution is 0.356. The summed E-state index contributed by atoms with van der Waals surface area (Å²) in [6.45, 7) is 0. The molecule has 0 N–H and O–H groups in total. The fourth-order valence-corrected chi connectivity index (χ4v) is 2.95. The van der Waals surface area contributed by atoms with E-state index in [1.807, 2.05) is 24.3 Å². The molecule has 1 aromatic heterocycles. The van der Waals surface area contributed by atoms with Crippen LogP contribution in [0.4, 0.5) is 0 Å². The van der Waals surface area contributed by atoms with Crippen molar-refractivity contribution >= 4 is 27.3 Å². The number of ether oxygens (including phenoxy) is 2. The molecule has 0 amide bonds. The Bertz CT molecular complexity index is 494. The van der Waals surface area contributed by atoms with Crippen LogP contribution in [0.2, 0.25) is 0 Å². The molecule has 0 fully saturated rings. The molecule has 0 bridgehead atoms. The van der Waals surface area contributed by atoms with Crippen LogP contribution in [0.3, 0.4) is 0 Å². The predicted molar refractivity (Wildman–Crippen MR) is 70.6 cm³/mol. The number of benzene rings is 1. The number of halogens is 1. The predicted octanol–water partition coefficient (Wildman–Crippen LogP) is 4.19. The standard InChI is InChI=1S/C12H11BrO2S/c1-14-9-5-3-4-8(12(9)15-2)10-6-7-11(13)16-10/h3-7H,1-2H3. The number of hydrogen-bond acceptors (Lipinski definition) is 3. The number of thiophene rings is 1. The topological polar surface area (TPSA) is 18.5 Å². The van der Waals surface area contributed by atoms with Gasteiger partial charge in [0.05, 0.1) is 18.0 Å². The van der Waals surface area contributed by atoms with Gasteiger partial charge in [0.15, 0.2) is 11.5 Å². The molecule has 0 radical (unpaired) electrons. The van der Waals surface area contributed by atoms with Gasteiger partial charge >= 0.3 is 0 Å². The summed E-state index contributed by atoms with van der Waals surface area (Å²) in [7, 11) is 3.30. The molecule has 2 rings (SSSR count). The van der Waals surface area contributed by atoms with Crippen LogP contribution in [0.1, 0.15) is 0 Å². The molecular formula is C12H11BrO2S. The zero-order chi connectivity index (χ0) is 11.5. The zero-order valence-corrected chi connectivity index (χ0v) is 11.4. The van der Waals surface area contributed by atoms with Crippen molar-refractivity contribution in [2.75, 3.05) is 14.2 Å². The molecule has 2 aromatic rings. The minimum absolute atomic E-state index is 0.754. The van der Waals surface area contributed by atoms with Gasteiger partial charge in [-0.2, -0.15) is 0 Å². The zero-order valence-electron chi connectivity index (χ0n) is 8.99. The first-order valence-electron chi connectivity index (χ1n) is 4.73. The van der Waals surface area contributed by atoms with E-state index in [1.54, 1.807) is 25.6 Å². The van der Waals surface area contributed by atoms with Gasteiger partial charge in [-0.15, -0.1) is 11.3 Å². The summed E-state index contributed by atoms with van der Waals surface area (Å²) < 4.78 is 11.8. The number of rotatable bonds is 3. The van der Waals surface area contributed by atoms with Crippen LogP contribution < -0.4 is 9.47 Å². The molecule has 4 heteroatoms. The van der Waals surface area contributed by atoms with Gasteiger partial charge in [0.25, 0.3) is 0 Å². The highest BCUT2D eigenvalue weighted by Gasteiger charge is 2.12. The molecule has 0 aliphatic rings. The lowest BCUT2D eigenvalue weighted by Crippen LogP contribution is -1.91. The number of hydrogen-bond donors (Lipinski definition) is 0. The maximum absolute atomic E-state index is 5.40. The minimum Gasteiger partial charge on any atom is -0.493 e. The van der Waals surface area contributed by atoms with E-state index in [-0.39, 0.29) is 0 Å². The third kappa shape index (κ3) is 2.08. The molecule has 0 saturated heterocycles. The van der Waals surface area contributed by atoms with Crippen LogP contribution in [-0.4, -0.2) is 14.2 Å². The van der Waals surface area contributed by atoms with E-state index < -0.39 is 0 Å². The van der Waals surface area contributed by atoms with Crippen molar-refractivity contribution in [3.8, 4) is 21.9 Å². The van der Waals surface area contributed by atoms with Gasteiger partial charge in [-0.25, -0.2) is 0 Å². The third-order valence-electron chi connectivity index (χ3n) is 2.24. The van der Waals surface area contributed by atoms with E-state index >= 15 is 0 Å². The van der Waals surface area contributed by atoms with Crippen molar-refractivity contribution in [3.63, 3.8) is 0 Å². The van der Waals surface area contributed by atoms with Crippen LogP contribution in [0.5, 0.6) is 11.5 Å². The Hall–Kier alpha value is -1.00. The summed E-state index contributed by atoms with van der Waals surface area (Å²) in [4.78, 5) is 1.16. The molecule has 1 aromatic carbocycles. The molecular weight excluding hydrogens is 288 g/mol. The first kappa shape index (κ1) is 11.5. The highest BCUT2D eigenvalue weighted by Crippen LogP contribution is 2.41. The van der Waals surface area contributed by atoms with Crippen molar-refractivity contribution in [2.45, 2.75) is 0 Å². The van der Waals surface area contributed by atoms with Crippen molar-refractivity contribution in [1.29, 1.82) is 0 Å². The number of methoxy groups -OCH3 is 2. The van der Waals surface area contributed by atoms with Crippen molar-refractivity contribution in [3.05, 3.63) is 34.1 Å². The van der Waals surface area contributed by atoms with Gasteiger partial charge in [0.1, 0.15) is 0 Å². The summed E-state index contributed by atoms with van der Waals surface area (Å²) in [6.07, 6.45) is 0. The second kappa shape index (κ2) is 4.89. The normalized spacial score (nSPS) is 10.2. The Morgan fingerprint density at radius 3 is 2.44 bits per heavy atom. The molecule has 1 heterocycles. The molecule has 0 saturated carbocycles. The lowest BCUT2D eigenvalue weighted by Gasteiger charge is -2.11. The van der Waals surface area contributed by atoms with Gasteiger partial charge < -0.3 is 9.47 Å². The summed E-state index contributed by atoms with van der Waals surface area (Å²) in [6, 6.07) is 9.97.